The Hall–Kier alpha value is -4.69. The van der Waals surface area contributed by atoms with E-state index < -0.39 is 30.1 Å². The molecule has 232 valence electrons. The standard InChI is InChI=1S/C37H39N3O5/c1-2-44-36(42)33-24(19-20-38)17-18-27(26-16-15-23-9-3-4-10-25(23)21-26)34(35(41)39-33)40-37(43)45-22-32-30-13-7-5-11-28(30)29-12-6-8-14-31(29)32/h3-16,21,24,27,32-34H,2,17-20,22,38H2,1H3,(H,39,41)(H,40,43). The quantitative estimate of drug-likeness (QED) is 0.224. The fourth-order valence-corrected chi connectivity index (χ4v) is 7.01. The van der Waals surface area contributed by atoms with Crippen molar-refractivity contribution < 1.29 is 23.9 Å². The molecule has 0 saturated carbocycles. The molecule has 4 aromatic rings. The van der Waals surface area contributed by atoms with Crippen LogP contribution in [0.5, 0.6) is 0 Å². The maximum Gasteiger partial charge on any atom is 0.407 e. The normalized spacial score (nSPS) is 21.2. The number of esters is 1. The highest BCUT2D eigenvalue weighted by Gasteiger charge is 2.40. The Morgan fingerprint density at radius 3 is 2.22 bits per heavy atom. The average Bonchev–Trinajstić information content (AvgIpc) is 3.38. The van der Waals surface area contributed by atoms with E-state index in [-0.39, 0.29) is 31.0 Å². The zero-order valence-electron chi connectivity index (χ0n) is 25.4. The Bertz CT molecular complexity index is 1660. The van der Waals surface area contributed by atoms with Crippen LogP contribution < -0.4 is 16.4 Å². The number of ether oxygens (including phenoxy) is 2. The van der Waals surface area contributed by atoms with Gasteiger partial charge in [-0.3, -0.25) is 4.79 Å². The van der Waals surface area contributed by atoms with Crippen LogP contribution in [0, 0.1) is 5.92 Å². The Labute approximate surface area is 263 Å². The molecule has 8 nitrogen and oxygen atoms in total. The molecule has 0 aromatic heterocycles. The van der Waals surface area contributed by atoms with Crippen LogP contribution in [0.2, 0.25) is 0 Å². The Kier molecular flexibility index (Phi) is 9.12. The first-order chi connectivity index (χ1) is 22.0. The van der Waals surface area contributed by atoms with Gasteiger partial charge in [-0.1, -0.05) is 91.0 Å². The summed E-state index contributed by atoms with van der Waals surface area (Å²) in [5.74, 6) is -1.62. The minimum atomic E-state index is -0.974. The van der Waals surface area contributed by atoms with E-state index in [9.17, 15) is 14.4 Å². The summed E-state index contributed by atoms with van der Waals surface area (Å²) in [4.78, 5) is 40.5. The predicted octanol–water partition coefficient (Wildman–Crippen LogP) is 5.64. The number of hydrogen-bond donors (Lipinski definition) is 3. The van der Waals surface area contributed by atoms with Crippen molar-refractivity contribution in [1.29, 1.82) is 0 Å². The Morgan fingerprint density at radius 1 is 0.867 bits per heavy atom. The molecule has 1 heterocycles. The van der Waals surface area contributed by atoms with Crippen LogP contribution in [-0.4, -0.2) is 49.8 Å². The molecule has 4 N–H and O–H groups in total. The first-order valence-corrected chi connectivity index (χ1v) is 15.8. The predicted molar refractivity (Wildman–Crippen MR) is 174 cm³/mol. The van der Waals surface area contributed by atoms with Crippen molar-refractivity contribution >= 4 is 28.7 Å². The van der Waals surface area contributed by atoms with E-state index in [1.165, 1.54) is 0 Å². The van der Waals surface area contributed by atoms with Crippen LogP contribution in [-0.2, 0) is 19.1 Å². The summed E-state index contributed by atoms with van der Waals surface area (Å²) < 4.78 is 11.2. The second-order valence-corrected chi connectivity index (χ2v) is 11.8. The van der Waals surface area contributed by atoms with Gasteiger partial charge in [0.2, 0.25) is 5.91 Å². The minimum Gasteiger partial charge on any atom is -0.464 e. The molecule has 0 spiro atoms. The molecule has 45 heavy (non-hydrogen) atoms. The van der Waals surface area contributed by atoms with Gasteiger partial charge in [0, 0.05) is 11.8 Å². The smallest absolute Gasteiger partial charge is 0.407 e. The number of fused-ring (bicyclic) bond motifs is 4. The summed E-state index contributed by atoms with van der Waals surface area (Å²) in [6.45, 7) is 2.43. The average molecular weight is 606 g/mol. The number of nitrogens with one attached hydrogen (secondary N) is 2. The molecule has 8 heteroatoms. The van der Waals surface area contributed by atoms with Gasteiger partial charge < -0.3 is 25.8 Å². The van der Waals surface area contributed by atoms with E-state index >= 15 is 0 Å². The van der Waals surface area contributed by atoms with Gasteiger partial charge in [0.25, 0.3) is 0 Å². The van der Waals surface area contributed by atoms with Gasteiger partial charge >= 0.3 is 12.1 Å². The molecular weight excluding hydrogens is 566 g/mol. The Balaban J connectivity index is 1.27. The number of benzene rings is 4. The van der Waals surface area contributed by atoms with Gasteiger partial charge in [0.05, 0.1) is 6.61 Å². The van der Waals surface area contributed by atoms with E-state index in [1.54, 1.807) is 6.92 Å². The molecule has 4 unspecified atom stereocenters. The number of carbonyl (C=O) groups is 3. The molecule has 1 saturated heterocycles. The van der Waals surface area contributed by atoms with Crippen LogP contribution >= 0.6 is 0 Å². The van der Waals surface area contributed by atoms with Crippen LogP contribution in [0.1, 0.15) is 54.7 Å². The largest absolute Gasteiger partial charge is 0.464 e. The fraction of sp³-hybridized carbons (Fsp3) is 0.324. The summed E-state index contributed by atoms with van der Waals surface area (Å²) in [5.41, 5.74) is 11.3. The number of amides is 2. The molecule has 6 rings (SSSR count). The van der Waals surface area contributed by atoms with E-state index in [2.05, 4.69) is 41.0 Å². The SMILES string of the molecule is CCOC(=O)C1NC(=O)C(NC(=O)OCC2c3ccccc3-c3ccccc32)C(c2ccc3ccccc3c2)CCC1CCN. The summed E-state index contributed by atoms with van der Waals surface area (Å²) in [5, 5.41) is 7.93. The minimum absolute atomic E-state index is 0.115. The zero-order chi connectivity index (χ0) is 31.3. The topological polar surface area (TPSA) is 120 Å². The number of rotatable bonds is 8. The molecule has 1 fully saturated rings. The number of hydrogen-bond acceptors (Lipinski definition) is 6. The lowest BCUT2D eigenvalue weighted by molar-refractivity contribution is -0.150. The van der Waals surface area contributed by atoms with Crippen LogP contribution in [0.4, 0.5) is 4.79 Å². The second kappa shape index (κ2) is 13.5. The van der Waals surface area contributed by atoms with Crippen molar-refractivity contribution in [3.63, 3.8) is 0 Å². The molecule has 0 radical (unpaired) electrons. The van der Waals surface area contributed by atoms with Crippen LogP contribution in [0.3, 0.4) is 0 Å². The third-order valence-corrected chi connectivity index (χ3v) is 9.20. The zero-order valence-corrected chi connectivity index (χ0v) is 25.4. The van der Waals surface area contributed by atoms with Crippen molar-refractivity contribution in [2.75, 3.05) is 19.8 Å². The third kappa shape index (κ3) is 6.28. The lowest BCUT2D eigenvalue weighted by Gasteiger charge is -2.35. The van der Waals surface area contributed by atoms with Crippen LogP contribution in [0.25, 0.3) is 21.9 Å². The Morgan fingerprint density at radius 2 is 1.53 bits per heavy atom. The summed E-state index contributed by atoms with van der Waals surface area (Å²) in [6.07, 6.45) is 1.04. The maximum atomic E-state index is 14.0. The van der Waals surface area contributed by atoms with Crippen molar-refractivity contribution in [3.05, 3.63) is 108 Å². The lowest BCUT2D eigenvalue weighted by Crippen LogP contribution is -2.57. The highest BCUT2D eigenvalue weighted by molar-refractivity contribution is 5.91. The molecule has 2 amide bonds. The van der Waals surface area contributed by atoms with Gasteiger partial charge in [-0.25, -0.2) is 9.59 Å². The van der Waals surface area contributed by atoms with Crippen molar-refractivity contribution in [1.82, 2.24) is 10.6 Å². The lowest BCUT2D eigenvalue weighted by atomic mass is 9.79. The fourth-order valence-electron chi connectivity index (χ4n) is 7.01. The van der Waals surface area contributed by atoms with Crippen molar-refractivity contribution in [2.45, 2.75) is 50.1 Å². The van der Waals surface area contributed by atoms with Gasteiger partial charge in [0.15, 0.2) is 0 Å². The van der Waals surface area contributed by atoms with Gasteiger partial charge in [-0.05, 0) is 77.2 Å². The molecule has 4 atom stereocenters. The van der Waals surface area contributed by atoms with Gasteiger partial charge in [0.1, 0.15) is 18.7 Å². The maximum absolute atomic E-state index is 14.0. The number of nitrogens with two attached hydrogens (primary N) is 1. The van der Waals surface area contributed by atoms with Gasteiger partial charge in [-0.15, -0.1) is 0 Å². The van der Waals surface area contributed by atoms with Gasteiger partial charge in [-0.2, -0.15) is 0 Å². The first-order valence-electron chi connectivity index (χ1n) is 15.8. The molecular formula is C37H39N3O5. The van der Waals surface area contributed by atoms with E-state index in [0.717, 1.165) is 38.6 Å². The van der Waals surface area contributed by atoms with E-state index in [0.29, 0.717) is 25.8 Å². The monoisotopic (exact) mass is 605 g/mol. The van der Waals surface area contributed by atoms with Crippen molar-refractivity contribution in [3.8, 4) is 11.1 Å². The van der Waals surface area contributed by atoms with Crippen LogP contribution in [0.15, 0.2) is 91.0 Å². The summed E-state index contributed by atoms with van der Waals surface area (Å²) in [6, 6.07) is 28.6. The van der Waals surface area contributed by atoms with E-state index in [4.69, 9.17) is 15.2 Å². The third-order valence-electron chi connectivity index (χ3n) is 9.20. The van der Waals surface area contributed by atoms with E-state index in [1.807, 2.05) is 60.7 Å². The molecule has 1 aliphatic heterocycles. The molecule has 4 aromatic carbocycles. The number of alkyl carbamates (subject to hydrolysis) is 1. The number of carbonyl (C=O) groups excluding carboxylic acids is 3. The highest BCUT2D eigenvalue weighted by atomic mass is 16.5. The molecule has 0 bridgehead atoms. The summed E-state index contributed by atoms with van der Waals surface area (Å²) >= 11 is 0. The highest BCUT2D eigenvalue weighted by Crippen LogP contribution is 2.44. The van der Waals surface area contributed by atoms with Crippen molar-refractivity contribution in [2.24, 2.45) is 11.7 Å². The first kappa shape index (κ1) is 30.3. The molecule has 1 aliphatic carbocycles. The summed E-state index contributed by atoms with van der Waals surface area (Å²) in [7, 11) is 0. The molecule has 2 aliphatic rings. The second-order valence-electron chi connectivity index (χ2n) is 11.8.